The van der Waals surface area contributed by atoms with Crippen molar-refractivity contribution in [1.82, 2.24) is 5.32 Å². The molecule has 14 heavy (non-hydrogen) atoms. The third kappa shape index (κ3) is 4.67. The molecule has 0 bridgehead atoms. The van der Waals surface area contributed by atoms with E-state index in [1.54, 1.807) is 7.11 Å². The highest BCUT2D eigenvalue weighted by Crippen LogP contribution is 2.29. The van der Waals surface area contributed by atoms with E-state index in [1.807, 2.05) is 0 Å². The Morgan fingerprint density at radius 2 is 2.36 bits per heavy atom. The lowest BCUT2D eigenvalue weighted by atomic mass is 10.1. The van der Waals surface area contributed by atoms with Crippen LogP contribution in [0.15, 0.2) is 0 Å². The van der Waals surface area contributed by atoms with Gasteiger partial charge >= 0.3 is 0 Å². The minimum atomic E-state index is 0.771. The predicted molar refractivity (Wildman–Crippen MR) is 64.1 cm³/mol. The van der Waals surface area contributed by atoms with Crippen LogP contribution in [0.2, 0.25) is 0 Å². The molecule has 84 valence electrons. The zero-order chi connectivity index (χ0) is 10.2. The maximum atomic E-state index is 5.07. The largest absolute Gasteiger partial charge is 0.385 e. The van der Waals surface area contributed by atoms with E-state index in [0.29, 0.717) is 0 Å². The van der Waals surface area contributed by atoms with E-state index in [1.165, 1.54) is 38.0 Å². The highest BCUT2D eigenvalue weighted by molar-refractivity contribution is 8.00. The molecule has 0 aliphatic carbocycles. The Morgan fingerprint density at radius 1 is 1.50 bits per heavy atom. The average Bonchev–Trinajstić information content (AvgIpc) is 2.63. The van der Waals surface area contributed by atoms with Crippen molar-refractivity contribution < 1.29 is 4.74 Å². The summed E-state index contributed by atoms with van der Waals surface area (Å²) in [5.74, 6) is 1.30. The summed E-state index contributed by atoms with van der Waals surface area (Å²) >= 11 is 2.13. The molecule has 0 aromatic carbocycles. The van der Waals surface area contributed by atoms with E-state index in [2.05, 4.69) is 24.0 Å². The second-order valence-corrected chi connectivity index (χ2v) is 5.31. The van der Waals surface area contributed by atoms with Crippen molar-refractivity contribution in [2.24, 2.45) is 0 Å². The smallest absolute Gasteiger partial charge is 0.0462 e. The molecule has 1 unspecified atom stereocenters. The molecule has 0 aromatic heterocycles. The fourth-order valence-corrected chi connectivity index (χ4v) is 3.31. The van der Waals surface area contributed by atoms with Crippen molar-refractivity contribution >= 4 is 11.8 Å². The SMILES string of the molecule is CCCNC1CS[C@H](CCCOC)C1. The molecule has 1 rings (SSSR count). The lowest BCUT2D eigenvalue weighted by Gasteiger charge is -2.11. The molecule has 0 spiro atoms. The van der Waals surface area contributed by atoms with Crippen LogP contribution in [-0.2, 0) is 4.74 Å². The van der Waals surface area contributed by atoms with Gasteiger partial charge in [-0.2, -0.15) is 11.8 Å². The van der Waals surface area contributed by atoms with Crippen molar-refractivity contribution in [2.45, 2.75) is 43.9 Å². The molecule has 1 aliphatic heterocycles. The van der Waals surface area contributed by atoms with Gasteiger partial charge in [0.25, 0.3) is 0 Å². The van der Waals surface area contributed by atoms with E-state index in [4.69, 9.17) is 4.74 Å². The summed E-state index contributed by atoms with van der Waals surface area (Å²) in [5, 5.41) is 4.47. The Balaban J connectivity index is 2.02. The topological polar surface area (TPSA) is 21.3 Å². The van der Waals surface area contributed by atoms with Crippen LogP contribution in [0.1, 0.15) is 32.6 Å². The van der Waals surface area contributed by atoms with Crippen LogP contribution in [0.5, 0.6) is 0 Å². The summed E-state index contributed by atoms with van der Waals surface area (Å²) in [4.78, 5) is 0. The minimum Gasteiger partial charge on any atom is -0.385 e. The van der Waals surface area contributed by atoms with Crippen LogP contribution >= 0.6 is 11.8 Å². The average molecular weight is 217 g/mol. The first-order valence-electron chi connectivity index (χ1n) is 5.70. The second-order valence-electron chi connectivity index (χ2n) is 3.98. The van der Waals surface area contributed by atoms with Crippen LogP contribution in [0.4, 0.5) is 0 Å². The molecule has 2 nitrogen and oxygen atoms in total. The van der Waals surface area contributed by atoms with Gasteiger partial charge in [0.15, 0.2) is 0 Å². The van der Waals surface area contributed by atoms with E-state index in [-0.39, 0.29) is 0 Å². The van der Waals surface area contributed by atoms with Gasteiger partial charge in [-0.05, 0) is 32.2 Å². The normalized spacial score (nSPS) is 27.0. The zero-order valence-corrected chi connectivity index (χ0v) is 10.2. The van der Waals surface area contributed by atoms with Crippen LogP contribution in [0.3, 0.4) is 0 Å². The Kier molecular flexibility index (Phi) is 6.65. The number of nitrogens with one attached hydrogen (secondary N) is 1. The minimum absolute atomic E-state index is 0.771. The van der Waals surface area contributed by atoms with E-state index in [9.17, 15) is 0 Å². The van der Waals surface area contributed by atoms with Gasteiger partial charge < -0.3 is 10.1 Å². The molecule has 1 saturated heterocycles. The van der Waals surface area contributed by atoms with Crippen molar-refractivity contribution in [3.8, 4) is 0 Å². The fraction of sp³-hybridized carbons (Fsp3) is 1.00. The van der Waals surface area contributed by atoms with Gasteiger partial charge in [-0.3, -0.25) is 0 Å². The molecule has 2 atom stereocenters. The third-order valence-corrected chi connectivity index (χ3v) is 4.13. The molecule has 0 aromatic rings. The van der Waals surface area contributed by atoms with Gasteiger partial charge in [0, 0.05) is 30.8 Å². The molecule has 0 radical (unpaired) electrons. The van der Waals surface area contributed by atoms with Crippen molar-refractivity contribution in [2.75, 3.05) is 26.0 Å². The number of ether oxygens (including phenoxy) is 1. The van der Waals surface area contributed by atoms with Crippen molar-refractivity contribution in [3.63, 3.8) is 0 Å². The summed E-state index contributed by atoms with van der Waals surface area (Å²) in [7, 11) is 1.79. The predicted octanol–water partition coefficient (Wildman–Crippen LogP) is 2.29. The summed E-state index contributed by atoms with van der Waals surface area (Å²) in [6, 6.07) is 0.771. The quantitative estimate of drug-likeness (QED) is 0.661. The summed E-state index contributed by atoms with van der Waals surface area (Å²) in [6.07, 6.45) is 5.14. The first-order chi connectivity index (χ1) is 6.86. The second kappa shape index (κ2) is 7.55. The van der Waals surface area contributed by atoms with Gasteiger partial charge in [-0.1, -0.05) is 6.92 Å². The Hall–Kier alpha value is 0.270. The fourth-order valence-electron chi connectivity index (χ4n) is 1.85. The summed E-state index contributed by atoms with van der Waals surface area (Å²) in [5.41, 5.74) is 0. The first-order valence-corrected chi connectivity index (χ1v) is 6.75. The zero-order valence-electron chi connectivity index (χ0n) is 9.42. The molecule has 1 N–H and O–H groups in total. The van der Waals surface area contributed by atoms with Gasteiger partial charge in [0.1, 0.15) is 0 Å². The number of hydrogen-bond acceptors (Lipinski definition) is 3. The molecule has 3 heteroatoms. The Labute approximate surface area is 92.2 Å². The molecular formula is C11H23NOS. The van der Waals surface area contributed by atoms with Gasteiger partial charge in [-0.25, -0.2) is 0 Å². The molecule has 0 saturated carbocycles. The van der Waals surface area contributed by atoms with E-state index in [0.717, 1.165) is 17.9 Å². The molecule has 1 heterocycles. The lowest BCUT2D eigenvalue weighted by molar-refractivity contribution is 0.192. The number of methoxy groups -OCH3 is 1. The van der Waals surface area contributed by atoms with Crippen LogP contribution < -0.4 is 5.32 Å². The van der Waals surface area contributed by atoms with Crippen LogP contribution in [-0.4, -0.2) is 37.3 Å². The van der Waals surface area contributed by atoms with Crippen molar-refractivity contribution in [3.05, 3.63) is 0 Å². The Bertz CT molecular complexity index is 143. The Morgan fingerprint density at radius 3 is 3.07 bits per heavy atom. The van der Waals surface area contributed by atoms with Gasteiger partial charge in [0.2, 0.25) is 0 Å². The van der Waals surface area contributed by atoms with E-state index >= 15 is 0 Å². The number of rotatable bonds is 7. The molecule has 1 fully saturated rings. The molecule has 0 amide bonds. The molecular weight excluding hydrogens is 194 g/mol. The number of hydrogen-bond donors (Lipinski definition) is 1. The van der Waals surface area contributed by atoms with Gasteiger partial charge in [0.05, 0.1) is 0 Å². The highest BCUT2D eigenvalue weighted by Gasteiger charge is 2.23. The monoisotopic (exact) mass is 217 g/mol. The van der Waals surface area contributed by atoms with E-state index < -0.39 is 0 Å². The maximum absolute atomic E-state index is 5.07. The third-order valence-electron chi connectivity index (χ3n) is 2.64. The molecule has 1 aliphatic rings. The lowest BCUT2D eigenvalue weighted by Crippen LogP contribution is -2.29. The maximum Gasteiger partial charge on any atom is 0.0462 e. The van der Waals surface area contributed by atoms with Crippen LogP contribution in [0, 0.1) is 0 Å². The van der Waals surface area contributed by atoms with Crippen LogP contribution in [0.25, 0.3) is 0 Å². The van der Waals surface area contributed by atoms with Gasteiger partial charge in [-0.15, -0.1) is 0 Å². The summed E-state index contributed by atoms with van der Waals surface area (Å²) in [6.45, 7) is 4.32. The standard InChI is InChI=1S/C11H23NOS/c1-3-6-12-10-8-11(14-9-10)5-4-7-13-2/h10-12H,3-9H2,1-2H3/t10?,11-/m1/s1. The first kappa shape index (κ1) is 12.3. The highest BCUT2D eigenvalue weighted by atomic mass is 32.2. The van der Waals surface area contributed by atoms with Crippen molar-refractivity contribution in [1.29, 1.82) is 0 Å². The summed E-state index contributed by atoms with van der Waals surface area (Å²) < 4.78 is 5.07. The number of thioether (sulfide) groups is 1.